The second-order valence-corrected chi connectivity index (χ2v) is 5.60. The van der Waals surface area contributed by atoms with E-state index in [4.69, 9.17) is 27.9 Å². The third kappa shape index (κ3) is 6.22. The number of aromatic nitrogens is 2. The summed E-state index contributed by atoms with van der Waals surface area (Å²) in [6.07, 6.45) is 4.23. The fraction of sp³-hybridized carbons (Fsp3) is 0.312. The van der Waals surface area contributed by atoms with Gasteiger partial charge in [0, 0.05) is 26.0 Å². The van der Waals surface area contributed by atoms with Crippen molar-refractivity contribution in [1.82, 2.24) is 20.6 Å². The first-order valence-corrected chi connectivity index (χ1v) is 8.23. The molecule has 0 fully saturated rings. The number of ether oxygens (including phenoxy) is 1. The maximum absolute atomic E-state index is 5.97. The third-order valence-electron chi connectivity index (χ3n) is 3.08. The maximum atomic E-state index is 5.97. The molecule has 0 aromatic carbocycles. The molecular formula is C16H19Cl2N5O. The largest absolute Gasteiger partial charge is 0.475 e. The highest BCUT2D eigenvalue weighted by molar-refractivity contribution is 6.31. The first kappa shape index (κ1) is 18.3. The van der Waals surface area contributed by atoms with Gasteiger partial charge in [0.05, 0.1) is 6.54 Å². The van der Waals surface area contributed by atoms with Gasteiger partial charge in [0.25, 0.3) is 0 Å². The molecule has 0 atom stereocenters. The SMILES string of the molecule is CN=C(NCCOc1ncccc1Cl)NCCc1ccc(Cl)nc1. The van der Waals surface area contributed by atoms with Crippen molar-refractivity contribution in [3.8, 4) is 5.88 Å². The van der Waals surface area contributed by atoms with Gasteiger partial charge in [-0.3, -0.25) is 4.99 Å². The second-order valence-electron chi connectivity index (χ2n) is 4.80. The van der Waals surface area contributed by atoms with Crippen LogP contribution in [-0.2, 0) is 6.42 Å². The van der Waals surface area contributed by atoms with Crippen molar-refractivity contribution in [2.24, 2.45) is 4.99 Å². The van der Waals surface area contributed by atoms with E-state index in [2.05, 4.69) is 25.6 Å². The summed E-state index contributed by atoms with van der Waals surface area (Å²) in [5, 5.41) is 7.38. The summed E-state index contributed by atoms with van der Waals surface area (Å²) < 4.78 is 5.51. The van der Waals surface area contributed by atoms with Gasteiger partial charge >= 0.3 is 0 Å². The number of hydrogen-bond donors (Lipinski definition) is 2. The maximum Gasteiger partial charge on any atom is 0.232 e. The molecule has 0 saturated carbocycles. The molecular weight excluding hydrogens is 349 g/mol. The van der Waals surface area contributed by atoms with Gasteiger partial charge in [0.2, 0.25) is 5.88 Å². The lowest BCUT2D eigenvalue weighted by Crippen LogP contribution is -2.40. The monoisotopic (exact) mass is 367 g/mol. The number of aliphatic imine (C=N–C) groups is 1. The number of guanidine groups is 1. The minimum Gasteiger partial charge on any atom is -0.475 e. The van der Waals surface area contributed by atoms with E-state index in [1.54, 1.807) is 37.6 Å². The summed E-state index contributed by atoms with van der Waals surface area (Å²) in [5.41, 5.74) is 1.11. The number of rotatable bonds is 7. The lowest BCUT2D eigenvalue weighted by Gasteiger charge is -2.12. The van der Waals surface area contributed by atoms with Gasteiger partial charge in [0.1, 0.15) is 16.8 Å². The molecule has 2 aromatic heterocycles. The van der Waals surface area contributed by atoms with Crippen LogP contribution in [0.2, 0.25) is 10.2 Å². The van der Waals surface area contributed by atoms with Gasteiger partial charge in [-0.05, 0) is 30.2 Å². The topological polar surface area (TPSA) is 71.4 Å². The van der Waals surface area contributed by atoms with Crippen molar-refractivity contribution in [1.29, 1.82) is 0 Å². The summed E-state index contributed by atoms with van der Waals surface area (Å²) in [6.45, 7) is 1.74. The van der Waals surface area contributed by atoms with Crippen molar-refractivity contribution in [2.75, 3.05) is 26.7 Å². The fourth-order valence-corrected chi connectivity index (χ4v) is 2.18. The van der Waals surface area contributed by atoms with Gasteiger partial charge in [-0.25, -0.2) is 9.97 Å². The number of halogens is 2. The fourth-order valence-electron chi connectivity index (χ4n) is 1.89. The highest BCUT2D eigenvalue weighted by Crippen LogP contribution is 2.19. The Labute approximate surface area is 151 Å². The van der Waals surface area contributed by atoms with E-state index in [-0.39, 0.29) is 0 Å². The highest BCUT2D eigenvalue weighted by Gasteiger charge is 2.02. The first-order chi connectivity index (χ1) is 11.7. The molecule has 2 N–H and O–H groups in total. The van der Waals surface area contributed by atoms with Crippen molar-refractivity contribution < 1.29 is 4.74 Å². The van der Waals surface area contributed by atoms with Crippen LogP contribution in [0.3, 0.4) is 0 Å². The molecule has 2 aromatic rings. The van der Waals surface area contributed by atoms with Crippen LogP contribution in [-0.4, -0.2) is 42.7 Å². The molecule has 0 aliphatic heterocycles. The standard InChI is InChI=1S/C16H19Cl2N5O/c1-19-16(21-8-6-12-4-5-14(18)23-11-12)22-9-10-24-15-13(17)3-2-7-20-15/h2-5,7,11H,6,8-10H2,1H3,(H2,19,21,22). The molecule has 2 heterocycles. The zero-order chi connectivity index (χ0) is 17.2. The average Bonchev–Trinajstić information content (AvgIpc) is 2.60. The molecule has 2 rings (SSSR count). The van der Waals surface area contributed by atoms with E-state index in [1.807, 2.05) is 6.07 Å². The van der Waals surface area contributed by atoms with E-state index in [0.29, 0.717) is 35.2 Å². The molecule has 0 aliphatic carbocycles. The molecule has 0 aliphatic rings. The molecule has 0 amide bonds. The van der Waals surface area contributed by atoms with Crippen molar-refractivity contribution in [3.63, 3.8) is 0 Å². The van der Waals surface area contributed by atoms with Crippen LogP contribution < -0.4 is 15.4 Å². The summed E-state index contributed by atoms with van der Waals surface area (Å²) >= 11 is 11.7. The Kier molecular flexibility index (Phi) is 7.58. The zero-order valence-corrected chi connectivity index (χ0v) is 14.8. The van der Waals surface area contributed by atoms with Gasteiger partial charge in [-0.2, -0.15) is 0 Å². The number of hydrogen-bond acceptors (Lipinski definition) is 4. The summed E-state index contributed by atoms with van der Waals surface area (Å²) in [5.74, 6) is 1.13. The molecule has 0 saturated heterocycles. The van der Waals surface area contributed by atoms with Crippen LogP contribution in [0.1, 0.15) is 5.56 Å². The molecule has 0 spiro atoms. The molecule has 24 heavy (non-hydrogen) atoms. The third-order valence-corrected chi connectivity index (χ3v) is 3.59. The minimum absolute atomic E-state index is 0.429. The molecule has 128 valence electrons. The van der Waals surface area contributed by atoms with Crippen molar-refractivity contribution in [3.05, 3.63) is 52.4 Å². The predicted octanol–water partition coefficient (Wildman–Crippen LogP) is 2.57. The van der Waals surface area contributed by atoms with Crippen molar-refractivity contribution >= 4 is 29.2 Å². The average molecular weight is 368 g/mol. The molecule has 6 nitrogen and oxygen atoms in total. The number of nitrogens with zero attached hydrogens (tertiary/aromatic N) is 3. The smallest absolute Gasteiger partial charge is 0.232 e. The number of pyridine rings is 2. The number of nitrogens with one attached hydrogen (secondary N) is 2. The van der Waals surface area contributed by atoms with E-state index < -0.39 is 0 Å². The lowest BCUT2D eigenvalue weighted by atomic mass is 10.2. The van der Waals surface area contributed by atoms with E-state index >= 15 is 0 Å². The van der Waals surface area contributed by atoms with E-state index in [1.165, 1.54) is 0 Å². The molecule has 0 radical (unpaired) electrons. The Hall–Kier alpha value is -2.05. The van der Waals surface area contributed by atoms with Gasteiger partial charge in [0.15, 0.2) is 5.96 Å². The van der Waals surface area contributed by atoms with Gasteiger partial charge in [-0.15, -0.1) is 0 Å². The van der Waals surface area contributed by atoms with Crippen LogP contribution in [0.25, 0.3) is 0 Å². The zero-order valence-electron chi connectivity index (χ0n) is 13.3. The van der Waals surface area contributed by atoms with E-state index in [0.717, 1.165) is 18.5 Å². The van der Waals surface area contributed by atoms with Crippen LogP contribution in [0.15, 0.2) is 41.7 Å². The van der Waals surface area contributed by atoms with Gasteiger partial charge in [-0.1, -0.05) is 29.3 Å². The Morgan fingerprint density at radius 3 is 2.71 bits per heavy atom. The molecule has 0 bridgehead atoms. The Balaban J connectivity index is 1.65. The summed E-state index contributed by atoms with van der Waals surface area (Å²) in [4.78, 5) is 12.3. The van der Waals surface area contributed by atoms with Gasteiger partial charge < -0.3 is 15.4 Å². The van der Waals surface area contributed by atoms with Crippen molar-refractivity contribution in [2.45, 2.75) is 6.42 Å². The predicted molar refractivity (Wildman–Crippen MR) is 97.1 cm³/mol. The molecule has 0 unspecified atom stereocenters. The normalized spacial score (nSPS) is 11.2. The summed E-state index contributed by atoms with van der Waals surface area (Å²) in [7, 11) is 1.72. The summed E-state index contributed by atoms with van der Waals surface area (Å²) in [6, 6.07) is 7.24. The Morgan fingerprint density at radius 1 is 1.17 bits per heavy atom. The van der Waals surface area contributed by atoms with Crippen LogP contribution >= 0.6 is 23.2 Å². The highest BCUT2D eigenvalue weighted by atomic mass is 35.5. The van der Waals surface area contributed by atoms with E-state index in [9.17, 15) is 0 Å². The molecule has 8 heteroatoms. The first-order valence-electron chi connectivity index (χ1n) is 7.47. The quantitative estimate of drug-likeness (QED) is 0.340. The van der Waals surface area contributed by atoms with Crippen LogP contribution in [0.4, 0.5) is 0 Å². The Morgan fingerprint density at radius 2 is 2.00 bits per heavy atom. The second kappa shape index (κ2) is 9.95. The van der Waals surface area contributed by atoms with Crippen LogP contribution in [0, 0.1) is 0 Å². The van der Waals surface area contributed by atoms with Crippen LogP contribution in [0.5, 0.6) is 5.88 Å². The lowest BCUT2D eigenvalue weighted by molar-refractivity contribution is 0.310. The Bertz CT molecular complexity index is 664. The minimum atomic E-state index is 0.429.